The van der Waals surface area contributed by atoms with E-state index in [0.717, 1.165) is 0 Å². The van der Waals surface area contributed by atoms with Crippen molar-refractivity contribution in [3.63, 3.8) is 0 Å². The summed E-state index contributed by atoms with van der Waals surface area (Å²) in [7, 11) is 0. The Labute approximate surface area is 51.2 Å². The SMILES string of the molecule is C.C.[CH3-].[CH3-].[W+2]. The molecular formula is C4H14W. The van der Waals surface area contributed by atoms with Crippen LogP contribution in [0.25, 0.3) is 0 Å². The van der Waals surface area contributed by atoms with Gasteiger partial charge in [0.2, 0.25) is 0 Å². The quantitative estimate of drug-likeness (QED) is 0.574. The molecule has 0 heterocycles. The van der Waals surface area contributed by atoms with E-state index < -0.39 is 0 Å². The van der Waals surface area contributed by atoms with E-state index in [9.17, 15) is 0 Å². The third kappa shape index (κ3) is 71.5. The minimum Gasteiger partial charge on any atom is -0.358 e. The molecule has 0 bridgehead atoms. The minimum absolute atomic E-state index is 0. The van der Waals surface area contributed by atoms with E-state index in [1.165, 1.54) is 0 Å². The molecule has 0 fully saturated rings. The van der Waals surface area contributed by atoms with Gasteiger partial charge in [0, 0.05) is 0 Å². The van der Waals surface area contributed by atoms with Crippen molar-refractivity contribution in [2.24, 2.45) is 0 Å². The summed E-state index contributed by atoms with van der Waals surface area (Å²) >= 11 is 0. The first kappa shape index (κ1) is 264. The van der Waals surface area contributed by atoms with Crippen LogP contribution < -0.4 is 0 Å². The summed E-state index contributed by atoms with van der Waals surface area (Å²) in [5.74, 6) is 0. The first-order valence-corrected chi connectivity index (χ1v) is 0. The van der Waals surface area contributed by atoms with Gasteiger partial charge in [0.25, 0.3) is 0 Å². The summed E-state index contributed by atoms with van der Waals surface area (Å²) in [5, 5.41) is 0. The molecule has 0 unspecified atom stereocenters. The molecule has 0 nitrogen and oxygen atoms in total. The van der Waals surface area contributed by atoms with Gasteiger partial charge in [-0.3, -0.25) is 0 Å². The second-order valence-electron chi connectivity index (χ2n) is 0. The Kier molecular flexibility index (Phi) is 7110. The van der Waals surface area contributed by atoms with E-state index in [-0.39, 0.29) is 50.8 Å². The molecule has 0 rings (SSSR count). The predicted molar refractivity (Wildman–Crippen MR) is 26.3 cm³/mol. The van der Waals surface area contributed by atoms with E-state index >= 15 is 0 Å². The summed E-state index contributed by atoms with van der Waals surface area (Å²) < 4.78 is 0. The van der Waals surface area contributed by atoms with Gasteiger partial charge in [-0.1, -0.05) is 14.9 Å². The maximum absolute atomic E-state index is 0. The molecule has 36 valence electrons. The molecule has 0 aromatic heterocycles. The maximum Gasteiger partial charge on any atom is 2.00 e. The monoisotopic (exact) mass is 246 g/mol. The van der Waals surface area contributed by atoms with E-state index in [4.69, 9.17) is 0 Å². The van der Waals surface area contributed by atoms with Gasteiger partial charge in [-0.15, -0.1) is 0 Å². The van der Waals surface area contributed by atoms with Crippen molar-refractivity contribution in [2.45, 2.75) is 14.9 Å². The molecular weight excluding hydrogens is 232 g/mol. The summed E-state index contributed by atoms with van der Waals surface area (Å²) in [5.41, 5.74) is 0. The maximum atomic E-state index is 0. The number of hydrogen-bond acceptors (Lipinski definition) is 0. The molecule has 0 amide bonds. The van der Waals surface area contributed by atoms with Gasteiger partial charge in [-0.2, -0.15) is 0 Å². The van der Waals surface area contributed by atoms with Crippen molar-refractivity contribution in [1.29, 1.82) is 0 Å². The average Bonchev–Trinajstić information content (AvgIpc) is 0. The number of hydrogen-bond donors (Lipinski definition) is 0. The zero-order chi connectivity index (χ0) is 0. The zero-order valence-corrected chi connectivity index (χ0v) is 5.34. The minimum atomic E-state index is 0. The van der Waals surface area contributed by atoms with Crippen LogP contribution in [0.5, 0.6) is 0 Å². The molecule has 1 heteroatoms. The fourth-order valence-corrected chi connectivity index (χ4v) is 0. The Morgan fingerprint density at radius 2 is 0.600 bits per heavy atom. The molecule has 0 radical (unpaired) electrons. The van der Waals surface area contributed by atoms with E-state index in [2.05, 4.69) is 0 Å². The molecule has 0 aliphatic carbocycles. The van der Waals surface area contributed by atoms with Crippen LogP contribution in [0.15, 0.2) is 0 Å². The molecule has 0 aliphatic heterocycles. The first-order valence-electron chi connectivity index (χ1n) is 0. The van der Waals surface area contributed by atoms with Gasteiger partial charge < -0.3 is 14.9 Å². The first-order chi connectivity index (χ1) is 0. The van der Waals surface area contributed by atoms with E-state index in [0.29, 0.717) is 0 Å². The fraction of sp³-hybridized carbons (Fsp3) is 0.500. The molecule has 0 spiro atoms. The molecule has 0 aromatic carbocycles. The topological polar surface area (TPSA) is 0 Å². The molecule has 0 saturated heterocycles. The van der Waals surface area contributed by atoms with Crippen molar-refractivity contribution in [1.82, 2.24) is 0 Å². The third-order valence-corrected chi connectivity index (χ3v) is 0. The van der Waals surface area contributed by atoms with Crippen LogP contribution in [0.3, 0.4) is 0 Å². The third-order valence-electron chi connectivity index (χ3n) is 0. The average molecular weight is 246 g/mol. The molecule has 0 atom stereocenters. The van der Waals surface area contributed by atoms with Crippen LogP contribution in [0.4, 0.5) is 0 Å². The van der Waals surface area contributed by atoms with Gasteiger partial charge in [0.1, 0.15) is 0 Å². The normalized spacial score (nSPS) is 0. The van der Waals surface area contributed by atoms with Crippen LogP contribution >= 0.6 is 0 Å². The Morgan fingerprint density at radius 1 is 0.600 bits per heavy atom. The molecule has 0 saturated carbocycles. The number of rotatable bonds is 0. The van der Waals surface area contributed by atoms with E-state index in [1.54, 1.807) is 0 Å². The Balaban J connectivity index is 0. The Bertz CT molecular complexity index is 3.61. The summed E-state index contributed by atoms with van der Waals surface area (Å²) in [6.07, 6.45) is 0. The van der Waals surface area contributed by atoms with Crippen LogP contribution in [0, 0.1) is 14.9 Å². The van der Waals surface area contributed by atoms with Crippen LogP contribution in [-0.2, 0) is 21.1 Å². The van der Waals surface area contributed by atoms with Crippen molar-refractivity contribution < 1.29 is 21.1 Å². The summed E-state index contributed by atoms with van der Waals surface area (Å²) in [4.78, 5) is 0. The van der Waals surface area contributed by atoms with Crippen molar-refractivity contribution in [2.75, 3.05) is 0 Å². The standard InChI is InChI=1S/2CH4.2CH3.W/h2*1H4;2*1H3;/q;;2*-1;+2. The zero-order valence-electron chi connectivity index (χ0n) is 2.41. The fourth-order valence-electron chi connectivity index (χ4n) is 0. The van der Waals surface area contributed by atoms with Gasteiger partial charge in [-0.25, -0.2) is 0 Å². The van der Waals surface area contributed by atoms with Crippen molar-refractivity contribution in [3.05, 3.63) is 14.9 Å². The van der Waals surface area contributed by atoms with Crippen LogP contribution in [0.2, 0.25) is 0 Å². The second kappa shape index (κ2) is 135. The Hall–Kier alpha value is 0.688. The molecule has 5 heavy (non-hydrogen) atoms. The van der Waals surface area contributed by atoms with E-state index in [1.807, 2.05) is 0 Å². The summed E-state index contributed by atoms with van der Waals surface area (Å²) in [6, 6.07) is 0. The van der Waals surface area contributed by atoms with Gasteiger partial charge in [-0.05, 0) is 0 Å². The van der Waals surface area contributed by atoms with Crippen molar-refractivity contribution >= 4 is 0 Å². The van der Waals surface area contributed by atoms with Gasteiger partial charge in [0.15, 0.2) is 0 Å². The van der Waals surface area contributed by atoms with Gasteiger partial charge >= 0.3 is 21.1 Å². The Morgan fingerprint density at radius 3 is 0.600 bits per heavy atom. The summed E-state index contributed by atoms with van der Waals surface area (Å²) in [6.45, 7) is 0. The van der Waals surface area contributed by atoms with Crippen LogP contribution in [0.1, 0.15) is 14.9 Å². The molecule has 0 N–H and O–H groups in total. The van der Waals surface area contributed by atoms with Crippen molar-refractivity contribution in [3.8, 4) is 0 Å². The predicted octanol–water partition coefficient (Wildman–Crippen LogP) is 2.17. The molecule has 0 aliphatic rings. The molecule has 0 aromatic rings. The smallest absolute Gasteiger partial charge is 0.358 e. The van der Waals surface area contributed by atoms with Gasteiger partial charge in [0.05, 0.1) is 0 Å². The second-order valence-corrected chi connectivity index (χ2v) is 0. The largest absolute Gasteiger partial charge is 2.00 e. The van der Waals surface area contributed by atoms with Crippen LogP contribution in [-0.4, -0.2) is 0 Å².